The van der Waals surface area contributed by atoms with Gasteiger partial charge in [-0.2, -0.15) is 0 Å². The summed E-state index contributed by atoms with van der Waals surface area (Å²) in [6, 6.07) is 9.30. The summed E-state index contributed by atoms with van der Waals surface area (Å²) in [6.45, 7) is 1.19. The third-order valence-electron chi connectivity index (χ3n) is 5.02. The van der Waals surface area contributed by atoms with E-state index in [1.165, 1.54) is 12.1 Å². The SMILES string of the molecule is CN(C)C(=O)N1CC[C@H](c2nnc3ccc(C(=O)Nc4ccccc4F)cn23)C1. The smallest absolute Gasteiger partial charge is 0.319 e. The number of nitrogens with one attached hydrogen (secondary N) is 1. The molecule has 1 N–H and O–H groups in total. The number of urea groups is 1. The molecule has 0 saturated carbocycles. The van der Waals surface area contributed by atoms with Gasteiger partial charge in [-0.15, -0.1) is 10.2 Å². The number of anilines is 1. The molecule has 0 unspecified atom stereocenters. The third-order valence-corrected chi connectivity index (χ3v) is 5.02. The molecule has 9 heteroatoms. The first-order valence-electron chi connectivity index (χ1n) is 9.31. The van der Waals surface area contributed by atoms with Gasteiger partial charge in [0.1, 0.15) is 11.6 Å². The number of carbonyl (C=O) groups is 2. The number of rotatable bonds is 3. The highest BCUT2D eigenvalue weighted by molar-refractivity contribution is 6.04. The molecule has 1 aliphatic rings. The Morgan fingerprint density at radius 3 is 2.72 bits per heavy atom. The average molecular weight is 396 g/mol. The summed E-state index contributed by atoms with van der Waals surface area (Å²) < 4.78 is 15.6. The molecule has 1 aromatic carbocycles. The predicted octanol–water partition coefficient (Wildman–Crippen LogP) is 2.59. The fourth-order valence-electron chi connectivity index (χ4n) is 3.51. The second kappa shape index (κ2) is 7.50. The first-order valence-corrected chi connectivity index (χ1v) is 9.31. The Labute approximate surface area is 166 Å². The van der Waals surface area contributed by atoms with Crippen molar-refractivity contribution in [1.82, 2.24) is 24.4 Å². The standard InChI is InChI=1S/C20H21FN6O2/c1-25(2)20(29)26-10-9-13(11-26)18-24-23-17-8-7-14(12-27(17)18)19(28)22-16-6-4-3-5-15(16)21/h3-8,12-13H,9-11H2,1-2H3,(H,22,28)/t13-/m0/s1. The predicted molar refractivity (Wildman–Crippen MR) is 105 cm³/mol. The lowest BCUT2D eigenvalue weighted by molar-refractivity contribution is 0.102. The van der Waals surface area contributed by atoms with E-state index < -0.39 is 11.7 Å². The van der Waals surface area contributed by atoms with Crippen molar-refractivity contribution in [1.29, 1.82) is 0 Å². The number of para-hydroxylation sites is 1. The molecule has 0 spiro atoms. The lowest BCUT2D eigenvalue weighted by Gasteiger charge is -2.21. The number of likely N-dealkylation sites (tertiary alicyclic amines) is 1. The summed E-state index contributed by atoms with van der Waals surface area (Å²) in [5.41, 5.74) is 1.09. The first-order chi connectivity index (χ1) is 13.9. The van der Waals surface area contributed by atoms with Crippen molar-refractivity contribution in [2.45, 2.75) is 12.3 Å². The van der Waals surface area contributed by atoms with Crippen LogP contribution in [0.5, 0.6) is 0 Å². The van der Waals surface area contributed by atoms with Crippen molar-refractivity contribution in [3.8, 4) is 0 Å². The molecular weight excluding hydrogens is 375 g/mol. The summed E-state index contributed by atoms with van der Waals surface area (Å²) in [5, 5.41) is 11.0. The van der Waals surface area contributed by atoms with Crippen LogP contribution < -0.4 is 5.32 Å². The van der Waals surface area contributed by atoms with E-state index in [0.29, 0.717) is 30.1 Å². The molecule has 29 heavy (non-hydrogen) atoms. The first kappa shape index (κ1) is 18.9. The molecule has 1 saturated heterocycles. The van der Waals surface area contributed by atoms with Crippen molar-refractivity contribution >= 4 is 23.3 Å². The molecule has 8 nitrogen and oxygen atoms in total. The highest BCUT2D eigenvalue weighted by Gasteiger charge is 2.31. The van der Waals surface area contributed by atoms with Gasteiger partial charge >= 0.3 is 6.03 Å². The summed E-state index contributed by atoms with van der Waals surface area (Å²) in [7, 11) is 3.45. The molecule has 3 aromatic rings. The number of hydrogen-bond donors (Lipinski definition) is 1. The Hall–Kier alpha value is -3.49. The number of halogens is 1. The van der Waals surface area contributed by atoms with E-state index in [4.69, 9.17) is 0 Å². The van der Waals surface area contributed by atoms with E-state index in [0.717, 1.165) is 6.42 Å². The number of aromatic nitrogens is 3. The van der Waals surface area contributed by atoms with Gasteiger partial charge in [0.25, 0.3) is 5.91 Å². The van der Waals surface area contributed by atoms with Gasteiger partial charge in [0.15, 0.2) is 5.65 Å². The minimum absolute atomic E-state index is 0.0266. The molecule has 3 amide bonds. The van der Waals surface area contributed by atoms with E-state index in [2.05, 4.69) is 15.5 Å². The van der Waals surface area contributed by atoms with Gasteiger partial charge in [-0.1, -0.05) is 12.1 Å². The molecule has 1 aliphatic heterocycles. The molecule has 1 atom stereocenters. The normalized spacial score (nSPS) is 16.2. The van der Waals surface area contributed by atoms with E-state index in [1.54, 1.807) is 58.8 Å². The Kier molecular flexibility index (Phi) is 4.87. The van der Waals surface area contributed by atoms with Gasteiger partial charge < -0.3 is 15.1 Å². The molecule has 2 aromatic heterocycles. The van der Waals surface area contributed by atoms with Gasteiger partial charge in [-0.05, 0) is 30.7 Å². The second-order valence-electron chi connectivity index (χ2n) is 7.25. The van der Waals surface area contributed by atoms with Gasteiger partial charge in [0.2, 0.25) is 0 Å². The number of amides is 3. The van der Waals surface area contributed by atoms with Crippen LogP contribution in [0.15, 0.2) is 42.6 Å². The van der Waals surface area contributed by atoms with Gasteiger partial charge in [-0.3, -0.25) is 9.20 Å². The van der Waals surface area contributed by atoms with Crippen molar-refractivity contribution in [2.75, 3.05) is 32.5 Å². The third kappa shape index (κ3) is 3.63. The largest absolute Gasteiger partial charge is 0.331 e. The van der Waals surface area contributed by atoms with E-state index in [-0.39, 0.29) is 17.6 Å². The molecule has 4 rings (SSSR count). The summed E-state index contributed by atoms with van der Waals surface area (Å²) in [5.74, 6) is -0.190. The van der Waals surface area contributed by atoms with Crippen LogP contribution in [0.2, 0.25) is 0 Å². The summed E-state index contributed by atoms with van der Waals surface area (Å²) in [4.78, 5) is 28.1. The number of nitrogens with zero attached hydrogens (tertiary/aromatic N) is 5. The quantitative estimate of drug-likeness (QED) is 0.738. The lowest BCUT2D eigenvalue weighted by atomic mass is 10.1. The molecule has 3 heterocycles. The zero-order chi connectivity index (χ0) is 20.5. The van der Waals surface area contributed by atoms with Crippen molar-refractivity contribution in [3.05, 3.63) is 59.8 Å². The van der Waals surface area contributed by atoms with Gasteiger partial charge in [0.05, 0.1) is 11.3 Å². The fourth-order valence-corrected chi connectivity index (χ4v) is 3.51. The van der Waals surface area contributed by atoms with Gasteiger partial charge in [-0.25, -0.2) is 9.18 Å². The van der Waals surface area contributed by atoms with Crippen LogP contribution in [0, 0.1) is 5.82 Å². The van der Waals surface area contributed by atoms with Crippen LogP contribution in [0.4, 0.5) is 14.9 Å². The van der Waals surface area contributed by atoms with Crippen LogP contribution in [0.1, 0.15) is 28.5 Å². The number of benzene rings is 1. The molecular formula is C20H21FN6O2. The highest BCUT2D eigenvalue weighted by atomic mass is 19.1. The molecule has 1 fully saturated rings. The fraction of sp³-hybridized carbons (Fsp3) is 0.300. The van der Waals surface area contributed by atoms with Crippen molar-refractivity contribution in [3.63, 3.8) is 0 Å². The topological polar surface area (TPSA) is 82.8 Å². The summed E-state index contributed by atoms with van der Waals surface area (Å²) in [6.07, 6.45) is 2.42. The molecule has 0 radical (unpaired) electrons. The monoisotopic (exact) mass is 396 g/mol. The highest BCUT2D eigenvalue weighted by Crippen LogP contribution is 2.27. The Balaban J connectivity index is 1.58. The molecule has 0 bridgehead atoms. The zero-order valence-electron chi connectivity index (χ0n) is 16.2. The van der Waals surface area contributed by atoms with Crippen LogP contribution in [-0.4, -0.2) is 63.5 Å². The van der Waals surface area contributed by atoms with E-state index >= 15 is 0 Å². The lowest BCUT2D eigenvalue weighted by Crippen LogP contribution is -2.37. The minimum atomic E-state index is -0.497. The minimum Gasteiger partial charge on any atom is -0.331 e. The number of pyridine rings is 1. The second-order valence-corrected chi connectivity index (χ2v) is 7.25. The zero-order valence-corrected chi connectivity index (χ0v) is 16.2. The number of hydrogen-bond acceptors (Lipinski definition) is 4. The number of fused-ring (bicyclic) bond motifs is 1. The summed E-state index contributed by atoms with van der Waals surface area (Å²) >= 11 is 0. The maximum Gasteiger partial charge on any atom is 0.319 e. The van der Waals surface area contributed by atoms with Gasteiger partial charge in [0, 0.05) is 39.3 Å². The maximum absolute atomic E-state index is 13.8. The van der Waals surface area contributed by atoms with E-state index in [1.807, 2.05) is 0 Å². The average Bonchev–Trinajstić information content (AvgIpc) is 3.35. The molecule has 150 valence electrons. The van der Waals surface area contributed by atoms with Crippen LogP contribution in [0.3, 0.4) is 0 Å². The Morgan fingerprint density at radius 1 is 1.17 bits per heavy atom. The molecule has 0 aliphatic carbocycles. The maximum atomic E-state index is 13.8. The van der Waals surface area contributed by atoms with Crippen molar-refractivity contribution in [2.24, 2.45) is 0 Å². The van der Waals surface area contributed by atoms with E-state index in [9.17, 15) is 14.0 Å². The Bertz CT molecular complexity index is 1080. The van der Waals surface area contributed by atoms with Crippen LogP contribution >= 0.6 is 0 Å². The van der Waals surface area contributed by atoms with Crippen LogP contribution in [-0.2, 0) is 0 Å². The van der Waals surface area contributed by atoms with Crippen molar-refractivity contribution < 1.29 is 14.0 Å². The number of carbonyl (C=O) groups excluding carboxylic acids is 2. The Morgan fingerprint density at radius 2 is 1.97 bits per heavy atom. The van der Waals surface area contributed by atoms with Crippen LogP contribution in [0.25, 0.3) is 5.65 Å².